The molecule has 1 aliphatic heterocycles. The van der Waals surface area contributed by atoms with Gasteiger partial charge in [-0.05, 0) is 30.9 Å². The van der Waals surface area contributed by atoms with Crippen molar-refractivity contribution in [3.63, 3.8) is 0 Å². The van der Waals surface area contributed by atoms with Crippen molar-refractivity contribution >= 4 is 17.6 Å². The number of nitrogens with zero attached hydrogens (tertiary/aromatic N) is 3. The van der Waals surface area contributed by atoms with Crippen LogP contribution in [0.3, 0.4) is 0 Å². The average molecular weight is 354 g/mol. The van der Waals surface area contributed by atoms with Crippen molar-refractivity contribution in [1.82, 2.24) is 15.1 Å². The van der Waals surface area contributed by atoms with Crippen molar-refractivity contribution in [3.05, 3.63) is 47.2 Å². The Hall–Kier alpha value is -2.63. The predicted molar refractivity (Wildman–Crippen MR) is 101 cm³/mol. The first kappa shape index (κ1) is 18.2. The molecule has 0 radical (unpaired) electrons. The molecular weight excluding hydrogens is 328 g/mol. The summed E-state index contributed by atoms with van der Waals surface area (Å²) in [6, 6.07) is 10.2. The Morgan fingerprint density at radius 1 is 1.23 bits per heavy atom. The van der Waals surface area contributed by atoms with E-state index in [0.717, 1.165) is 23.5 Å². The Morgan fingerprint density at radius 3 is 2.69 bits per heavy atom. The Labute approximate surface area is 154 Å². The van der Waals surface area contributed by atoms with Crippen LogP contribution in [-0.4, -0.2) is 28.1 Å². The van der Waals surface area contributed by atoms with Crippen LogP contribution in [0.2, 0.25) is 0 Å². The van der Waals surface area contributed by atoms with Gasteiger partial charge in [0.05, 0.1) is 12.2 Å². The normalized spacial score (nSPS) is 13.6. The number of aromatic nitrogens is 2. The maximum absolute atomic E-state index is 12.2. The first-order chi connectivity index (χ1) is 12.6. The molecule has 138 valence electrons. The van der Waals surface area contributed by atoms with Gasteiger partial charge < -0.3 is 5.32 Å². The van der Waals surface area contributed by atoms with E-state index in [4.69, 9.17) is 0 Å². The quantitative estimate of drug-likeness (QED) is 0.831. The van der Waals surface area contributed by atoms with Crippen LogP contribution >= 0.6 is 0 Å². The molecule has 2 amide bonds. The SMILES string of the molecule is CCc1ccc(CNC(=O)CCCN2C(=O)CCn3nc(C)cc32)cc1. The molecular formula is C20H26N4O2. The van der Waals surface area contributed by atoms with Crippen molar-refractivity contribution in [1.29, 1.82) is 0 Å². The molecule has 0 saturated heterocycles. The minimum atomic E-state index is 0.0127. The lowest BCUT2D eigenvalue weighted by Crippen LogP contribution is -2.38. The van der Waals surface area contributed by atoms with Gasteiger partial charge in [0.25, 0.3) is 0 Å². The number of carbonyl (C=O) groups is 2. The van der Waals surface area contributed by atoms with Gasteiger partial charge in [-0.15, -0.1) is 0 Å². The number of amides is 2. The highest BCUT2D eigenvalue weighted by Gasteiger charge is 2.25. The third-order valence-electron chi connectivity index (χ3n) is 4.70. The van der Waals surface area contributed by atoms with E-state index in [0.29, 0.717) is 38.9 Å². The summed E-state index contributed by atoms with van der Waals surface area (Å²) in [6.45, 7) is 5.77. The number of fused-ring (bicyclic) bond motifs is 1. The van der Waals surface area contributed by atoms with Crippen molar-refractivity contribution in [2.45, 2.75) is 52.6 Å². The van der Waals surface area contributed by atoms with Gasteiger partial charge in [-0.3, -0.25) is 14.5 Å². The van der Waals surface area contributed by atoms with E-state index in [1.165, 1.54) is 5.56 Å². The third kappa shape index (κ3) is 4.31. The Balaban J connectivity index is 1.45. The number of rotatable bonds is 7. The molecule has 1 aromatic carbocycles. The van der Waals surface area contributed by atoms with Crippen molar-refractivity contribution in [2.75, 3.05) is 11.4 Å². The Kier molecular flexibility index (Phi) is 5.71. The minimum Gasteiger partial charge on any atom is -0.352 e. The third-order valence-corrected chi connectivity index (χ3v) is 4.70. The van der Waals surface area contributed by atoms with Crippen molar-refractivity contribution < 1.29 is 9.59 Å². The van der Waals surface area contributed by atoms with Gasteiger partial charge in [0.1, 0.15) is 5.82 Å². The Morgan fingerprint density at radius 2 is 1.96 bits per heavy atom. The molecule has 26 heavy (non-hydrogen) atoms. The van der Waals surface area contributed by atoms with E-state index in [1.54, 1.807) is 4.90 Å². The summed E-state index contributed by atoms with van der Waals surface area (Å²) < 4.78 is 1.87. The molecule has 0 unspecified atom stereocenters. The highest BCUT2D eigenvalue weighted by molar-refractivity contribution is 5.93. The van der Waals surface area contributed by atoms with Crippen LogP contribution in [0.15, 0.2) is 30.3 Å². The molecule has 0 saturated carbocycles. The fraction of sp³-hybridized carbons (Fsp3) is 0.450. The van der Waals surface area contributed by atoms with Gasteiger partial charge in [-0.2, -0.15) is 5.10 Å². The van der Waals surface area contributed by atoms with Gasteiger partial charge in [-0.1, -0.05) is 31.2 Å². The zero-order valence-corrected chi connectivity index (χ0v) is 15.5. The van der Waals surface area contributed by atoms with Crippen LogP contribution in [0.25, 0.3) is 0 Å². The highest BCUT2D eigenvalue weighted by Crippen LogP contribution is 2.22. The summed E-state index contributed by atoms with van der Waals surface area (Å²) in [5.74, 6) is 0.961. The van der Waals surface area contributed by atoms with E-state index >= 15 is 0 Å². The molecule has 0 spiro atoms. The summed E-state index contributed by atoms with van der Waals surface area (Å²) in [7, 11) is 0. The van der Waals surface area contributed by atoms with Crippen LogP contribution in [0.4, 0.5) is 5.82 Å². The predicted octanol–water partition coefficient (Wildman–Crippen LogP) is 2.59. The van der Waals surface area contributed by atoms with Crippen LogP contribution in [-0.2, 0) is 29.1 Å². The summed E-state index contributed by atoms with van der Waals surface area (Å²) in [4.78, 5) is 26.0. The van der Waals surface area contributed by atoms with Gasteiger partial charge in [-0.25, -0.2) is 4.68 Å². The lowest BCUT2D eigenvalue weighted by molar-refractivity contribution is -0.122. The molecule has 0 fully saturated rings. The number of hydrogen-bond donors (Lipinski definition) is 1. The standard InChI is InChI=1S/C20H26N4O2/c1-3-16-6-8-17(9-7-16)14-21-18(25)5-4-11-23-19-13-15(2)22-24(19)12-10-20(23)26/h6-9,13H,3-5,10-12,14H2,1-2H3,(H,21,25). The summed E-state index contributed by atoms with van der Waals surface area (Å²) >= 11 is 0. The lowest BCUT2D eigenvalue weighted by atomic mass is 10.1. The fourth-order valence-corrected chi connectivity index (χ4v) is 3.20. The van der Waals surface area contributed by atoms with Gasteiger partial charge in [0.2, 0.25) is 11.8 Å². The number of anilines is 1. The second-order valence-corrected chi connectivity index (χ2v) is 6.71. The second kappa shape index (κ2) is 8.17. The largest absolute Gasteiger partial charge is 0.352 e. The first-order valence-electron chi connectivity index (χ1n) is 9.26. The van der Waals surface area contributed by atoms with E-state index in [9.17, 15) is 9.59 Å². The summed E-state index contributed by atoms with van der Waals surface area (Å²) in [5, 5.41) is 7.35. The molecule has 0 aliphatic carbocycles. The number of carbonyl (C=O) groups excluding carboxylic acids is 2. The Bertz CT molecular complexity index is 780. The summed E-state index contributed by atoms with van der Waals surface area (Å²) in [5.41, 5.74) is 3.30. The smallest absolute Gasteiger partial charge is 0.229 e. The van der Waals surface area contributed by atoms with E-state index < -0.39 is 0 Å². The van der Waals surface area contributed by atoms with Crippen molar-refractivity contribution in [2.24, 2.45) is 0 Å². The fourth-order valence-electron chi connectivity index (χ4n) is 3.20. The van der Waals surface area contributed by atoms with Crippen LogP contribution in [0.1, 0.15) is 43.0 Å². The minimum absolute atomic E-state index is 0.0127. The van der Waals surface area contributed by atoms with Crippen LogP contribution < -0.4 is 10.2 Å². The first-order valence-corrected chi connectivity index (χ1v) is 9.26. The maximum Gasteiger partial charge on any atom is 0.229 e. The maximum atomic E-state index is 12.2. The van der Waals surface area contributed by atoms with Gasteiger partial charge in [0.15, 0.2) is 0 Å². The molecule has 2 aromatic rings. The summed E-state index contributed by atoms with van der Waals surface area (Å²) in [6.07, 6.45) is 2.52. The van der Waals surface area contributed by atoms with E-state index in [1.807, 2.05) is 17.7 Å². The zero-order chi connectivity index (χ0) is 18.5. The molecule has 1 N–H and O–H groups in total. The second-order valence-electron chi connectivity index (χ2n) is 6.71. The molecule has 6 heteroatoms. The highest BCUT2D eigenvalue weighted by atomic mass is 16.2. The van der Waals surface area contributed by atoms with Crippen molar-refractivity contribution in [3.8, 4) is 0 Å². The zero-order valence-electron chi connectivity index (χ0n) is 15.5. The number of nitrogens with one attached hydrogen (secondary N) is 1. The van der Waals surface area contributed by atoms with E-state index in [2.05, 4.69) is 41.6 Å². The average Bonchev–Trinajstić information content (AvgIpc) is 3.03. The van der Waals surface area contributed by atoms with Gasteiger partial charge in [0, 0.05) is 32.0 Å². The van der Waals surface area contributed by atoms with Crippen LogP contribution in [0, 0.1) is 6.92 Å². The number of aryl methyl sites for hydroxylation is 3. The molecule has 6 nitrogen and oxygen atoms in total. The van der Waals surface area contributed by atoms with Crippen LogP contribution in [0.5, 0.6) is 0 Å². The number of hydrogen-bond acceptors (Lipinski definition) is 3. The molecule has 1 aromatic heterocycles. The topological polar surface area (TPSA) is 67.2 Å². The van der Waals surface area contributed by atoms with Gasteiger partial charge >= 0.3 is 0 Å². The van der Waals surface area contributed by atoms with E-state index in [-0.39, 0.29) is 11.8 Å². The molecule has 0 bridgehead atoms. The molecule has 3 rings (SSSR count). The molecule has 0 atom stereocenters. The lowest BCUT2D eigenvalue weighted by Gasteiger charge is -2.27. The number of benzene rings is 1. The molecule has 1 aliphatic rings. The monoisotopic (exact) mass is 354 g/mol. The molecule has 2 heterocycles.